The Bertz CT molecular complexity index is 758. The van der Waals surface area contributed by atoms with Gasteiger partial charge in [0.25, 0.3) is 0 Å². The molecule has 1 atom stereocenters. The molecule has 1 unspecified atom stereocenters. The Balaban J connectivity index is 1.68. The lowest BCUT2D eigenvalue weighted by Gasteiger charge is -2.23. The van der Waals surface area contributed by atoms with Gasteiger partial charge in [0.2, 0.25) is 0 Å². The molecule has 2 heterocycles. The molecule has 0 spiro atoms. The first kappa shape index (κ1) is 16.3. The van der Waals surface area contributed by atoms with Crippen LogP contribution in [0.15, 0.2) is 30.5 Å². The van der Waals surface area contributed by atoms with E-state index in [2.05, 4.69) is 34.7 Å². The summed E-state index contributed by atoms with van der Waals surface area (Å²) in [6.07, 6.45) is 6.34. The maximum Gasteiger partial charge on any atom is 0.341 e. The Morgan fingerprint density at radius 1 is 1.32 bits per heavy atom. The summed E-state index contributed by atoms with van der Waals surface area (Å²) in [6, 6.07) is 8.61. The van der Waals surface area contributed by atoms with E-state index in [1.165, 1.54) is 18.4 Å². The summed E-state index contributed by atoms with van der Waals surface area (Å²) in [6.45, 7) is 4.37. The van der Waals surface area contributed by atoms with Gasteiger partial charge in [0.15, 0.2) is 0 Å². The fraction of sp³-hybridized carbons (Fsp3) is 0.500. The number of carbonyl (C=O) groups excluding carboxylic acids is 1. The smallest absolute Gasteiger partial charge is 0.341 e. The molecule has 25 heavy (non-hydrogen) atoms. The normalized spacial score (nSPS) is 20.4. The van der Waals surface area contributed by atoms with Crippen molar-refractivity contribution in [1.29, 1.82) is 0 Å². The highest BCUT2D eigenvalue weighted by molar-refractivity contribution is 5.91. The number of hydrogen-bond acceptors (Lipinski definition) is 4. The minimum atomic E-state index is -0.261. The van der Waals surface area contributed by atoms with Gasteiger partial charge in [-0.15, -0.1) is 0 Å². The third-order valence-corrected chi connectivity index (χ3v) is 5.15. The van der Waals surface area contributed by atoms with Crippen LogP contribution in [0.2, 0.25) is 0 Å². The number of benzene rings is 1. The molecule has 1 saturated carbocycles. The van der Waals surface area contributed by atoms with Crippen molar-refractivity contribution in [2.24, 2.45) is 0 Å². The van der Waals surface area contributed by atoms with Crippen molar-refractivity contribution in [2.75, 3.05) is 19.7 Å². The zero-order valence-electron chi connectivity index (χ0n) is 14.7. The maximum absolute atomic E-state index is 12.3. The molecule has 1 aromatic carbocycles. The fourth-order valence-corrected chi connectivity index (χ4v) is 3.73. The van der Waals surface area contributed by atoms with E-state index in [-0.39, 0.29) is 5.97 Å². The Labute approximate surface area is 148 Å². The lowest BCUT2D eigenvalue weighted by Crippen LogP contribution is -2.28. The lowest BCUT2D eigenvalue weighted by molar-refractivity contribution is 0.0525. The molecule has 5 nitrogen and oxygen atoms in total. The molecular weight excluding hydrogens is 314 g/mol. The second kappa shape index (κ2) is 7.00. The Morgan fingerprint density at radius 3 is 2.92 bits per heavy atom. The van der Waals surface area contributed by atoms with Gasteiger partial charge in [-0.25, -0.2) is 9.48 Å². The van der Waals surface area contributed by atoms with Crippen molar-refractivity contribution in [3.05, 3.63) is 47.3 Å². The molecular formula is C20H25N3O2. The van der Waals surface area contributed by atoms with Crippen LogP contribution in [0.4, 0.5) is 0 Å². The minimum absolute atomic E-state index is 0.261. The van der Waals surface area contributed by atoms with Crippen LogP contribution >= 0.6 is 0 Å². The van der Waals surface area contributed by atoms with Gasteiger partial charge in [-0.3, -0.25) is 0 Å². The molecule has 2 aromatic rings. The number of ether oxygens (including phenoxy) is 1. The SMILES string of the molecule is CCOC(=O)c1cnn(-c2cccc(C3CCCNC3)c2)c1C1CC1. The van der Waals surface area contributed by atoms with Gasteiger partial charge in [-0.05, 0) is 62.8 Å². The molecule has 0 bridgehead atoms. The second-order valence-electron chi connectivity index (χ2n) is 6.99. The third kappa shape index (κ3) is 3.33. The second-order valence-corrected chi connectivity index (χ2v) is 6.99. The van der Waals surface area contributed by atoms with Gasteiger partial charge < -0.3 is 10.1 Å². The van der Waals surface area contributed by atoms with E-state index in [1.54, 1.807) is 6.20 Å². The predicted octanol–water partition coefficient (Wildman–Crippen LogP) is 3.39. The number of nitrogens with zero attached hydrogens (tertiary/aromatic N) is 2. The summed E-state index contributed by atoms with van der Waals surface area (Å²) in [4.78, 5) is 12.3. The highest BCUT2D eigenvalue weighted by Crippen LogP contribution is 2.42. The molecule has 4 rings (SSSR count). The summed E-state index contributed by atoms with van der Waals surface area (Å²) in [5.41, 5.74) is 4.02. The summed E-state index contributed by atoms with van der Waals surface area (Å²) in [7, 11) is 0. The topological polar surface area (TPSA) is 56.1 Å². The number of rotatable bonds is 5. The number of esters is 1. The van der Waals surface area contributed by atoms with Crippen molar-refractivity contribution in [3.63, 3.8) is 0 Å². The van der Waals surface area contributed by atoms with E-state index < -0.39 is 0 Å². The summed E-state index contributed by atoms with van der Waals surface area (Å²) < 4.78 is 7.16. The van der Waals surface area contributed by atoms with Crippen LogP contribution in [0.25, 0.3) is 5.69 Å². The van der Waals surface area contributed by atoms with E-state index in [0.29, 0.717) is 24.0 Å². The van der Waals surface area contributed by atoms with Crippen LogP contribution < -0.4 is 5.32 Å². The molecule has 1 aliphatic heterocycles. The number of piperidine rings is 1. The molecule has 1 aliphatic carbocycles. The Morgan fingerprint density at radius 2 is 2.20 bits per heavy atom. The van der Waals surface area contributed by atoms with E-state index in [0.717, 1.165) is 37.3 Å². The summed E-state index contributed by atoms with van der Waals surface area (Å²) in [5.74, 6) is 0.711. The first-order valence-corrected chi connectivity index (χ1v) is 9.34. The molecule has 0 radical (unpaired) electrons. The Kier molecular flexibility index (Phi) is 4.57. The predicted molar refractivity (Wildman–Crippen MR) is 96.3 cm³/mol. The molecule has 1 aromatic heterocycles. The van der Waals surface area contributed by atoms with Crippen LogP contribution in [0.5, 0.6) is 0 Å². The number of hydrogen-bond donors (Lipinski definition) is 1. The molecule has 5 heteroatoms. The van der Waals surface area contributed by atoms with Gasteiger partial charge in [0.1, 0.15) is 5.56 Å². The average molecular weight is 339 g/mol. The maximum atomic E-state index is 12.3. The highest BCUT2D eigenvalue weighted by atomic mass is 16.5. The number of aromatic nitrogens is 2. The van der Waals surface area contributed by atoms with Crippen molar-refractivity contribution in [3.8, 4) is 5.69 Å². The summed E-state index contributed by atoms with van der Waals surface area (Å²) >= 11 is 0. The largest absolute Gasteiger partial charge is 0.462 e. The zero-order valence-corrected chi connectivity index (χ0v) is 14.7. The molecule has 2 aliphatic rings. The number of nitrogens with one attached hydrogen (secondary N) is 1. The van der Waals surface area contributed by atoms with Gasteiger partial charge in [-0.2, -0.15) is 5.10 Å². The molecule has 1 saturated heterocycles. The molecule has 132 valence electrons. The van der Waals surface area contributed by atoms with Crippen LogP contribution in [-0.4, -0.2) is 35.4 Å². The highest BCUT2D eigenvalue weighted by Gasteiger charge is 2.33. The van der Waals surface area contributed by atoms with Crippen molar-refractivity contribution in [1.82, 2.24) is 15.1 Å². The van der Waals surface area contributed by atoms with Crippen LogP contribution in [-0.2, 0) is 4.74 Å². The first-order valence-electron chi connectivity index (χ1n) is 9.34. The van der Waals surface area contributed by atoms with E-state index in [1.807, 2.05) is 11.6 Å². The van der Waals surface area contributed by atoms with Gasteiger partial charge >= 0.3 is 5.97 Å². The van der Waals surface area contributed by atoms with E-state index in [9.17, 15) is 4.79 Å². The first-order chi connectivity index (χ1) is 12.3. The van der Waals surface area contributed by atoms with Crippen molar-refractivity contribution in [2.45, 2.75) is 44.4 Å². The number of carbonyl (C=O) groups is 1. The molecule has 1 N–H and O–H groups in total. The quantitative estimate of drug-likeness (QED) is 0.849. The zero-order chi connectivity index (χ0) is 17.2. The van der Waals surface area contributed by atoms with Crippen LogP contribution in [0.1, 0.15) is 66.1 Å². The fourth-order valence-electron chi connectivity index (χ4n) is 3.73. The van der Waals surface area contributed by atoms with Crippen molar-refractivity contribution >= 4 is 5.97 Å². The standard InChI is InChI=1S/C20H25N3O2/c1-2-25-20(24)18-13-22-23(19(18)14-8-9-14)17-7-3-5-15(11-17)16-6-4-10-21-12-16/h3,5,7,11,13-14,16,21H,2,4,6,8-10,12H2,1H3. The lowest BCUT2D eigenvalue weighted by atomic mass is 9.91. The average Bonchev–Trinajstić information content (AvgIpc) is 3.40. The Hall–Kier alpha value is -2.14. The van der Waals surface area contributed by atoms with Gasteiger partial charge in [0, 0.05) is 12.5 Å². The molecule has 0 amide bonds. The third-order valence-electron chi connectivity index (χ3n) is 5.15. The summed E-state index contributed by atoms with van der Waals surface area (Å²) in [5, 5.41) is 8.02. The van der Waals surface area contributed by atoms with Crippen LogP contribution in [0, 0.1) is 0 Å². The van der Waals surface area contributed by atoms with E-state index in [4.69, 9.17) is 4.74 Å². The van der Waals surface area contributed by atoms with E-state index >= 15 is 0 Å². The van der Waals surface area contributed by atoms with Crippen molar-refractivity contribution < 1.29 is 9.53 Å². The molecule has 2 fully saturated rings. The van der Waals surface area contributed by atoms with Gasteiger partial charge in [-0.1, -0.05) is 12.1 Å². The van der Waals surface area contributed by atoms with Crippen LogP contribution in [0.3, 0.4) is 0 Å². The van der Waals surface area contributed by atoms with Gasteiger partial charge in [0.05, 0.1) is 24.2 Å². The monoisotopic (exact) mass is 339 g/mol. The minimum Gasteiger partial charge on any atom is -0.462 e.